The van der Waals surface area contributed by atoms with E-state index in [9.17, 15) is 13.6 Å². The molecule has 0 spiro atoms. The van der Waals surface area contributed by atoms with E-state index in [1.54, 1.807) is 12.1 Å². The summed E-state index contributed by atoms with van der Waals surface area (Å²) < 4.78 is 26.2. The third-order valence-electron chi connectivity index (χ3n) is 2.88. The third kappa shape index (κ3) is 3.25. The number of rotatable bonds is 4. The van der Waals surface area contributed by atoms with Gasteiger partial charge in [0, 0.05) is 17.2 Å². The number of hydrogen-bond donors (Lipinski definition) is 0. The standard InChI is InChI=1S/C16H14F2O/c1-2-3-11-4-6-12(7-5-11)16(19)13-8-14(17)10-15(18)9-13/h4-10H,2-3H2,1H3. The van der Waals surface area contributed by atoms with Crippen LogP contribution in [0.2, 0.25) is 0 Å². The van der Waals surface area contributed by atoms with E-state index >= 15 is 0 Å². The monoisotopic (exact) mass is 260 g/mol. The van der Waals surface area contributed by atoms with Crippen molar-refractivity contribution in [2.45, 2.75) is 19.8 Å². The quantitative estimate of drug-likeness (QED) is 0.755. The maximum atomic E-state index is 13.1. The van der Waals surface area contributed by atoms with Gasteiger partial charge in [0.15, 0.2) is 5.78 Å². The zero-order valence-electron chi connectivity index (χ0n) is 10.6. The van der Waals surface area contributed by atoms with Crippen LogP contribution in [0.3, 0.4) is 0 Å². The van der Waals surface area contributed by atoms with Gasteiger partial charge in [-0.05, 0) is 24.1 Å². The number of benzene rings is 2. The van der Waals surface area contributed by atoms with Crippen LogP contribution in [0, 0.1) is 11.6 Å². The van der Waals surface area contributed by atoms with E-state index in [0.29, 0.717) is 5.56 Å². The van der Waals surface area contributed by atoms with Gasteiger partial charge in [0.2, 0.25) is 0 Å². The maximum Gasteiger partial charge on any atom is 0.193 e. The summed E-state index contributed by atoms with van der Waals surface area (Å²) in [5.41, 5.74) is 1.61. The highest BCUT2D eigenvalue weighted by molar-refractivity contribution is 6.08. The highest BCUT2D eigenvalue weighted by atomic mass is 19.1. The van der Waals surface area contributed by atoms with E-state index in [-0.39, 0.29) is 11.3 Å². The topological polar surface area (TPSA) is 17.1 Å². The van der Waals surface area contributed by atoms with Crippen molar-refractivity contribution < 1.29 is 13.6 Å². The minimum absolute atomic E-state index is 0.0285. The Bertz CT molecular complexity index is 568. The van der Waals surface area contributed by atoms with Crippen LogP contribution in [-0.4, -0.2) is 5.78 Å². The summed E-state index contributed by atoms with van der Waals surface area (Å²) in [5.74, 6) is -1.86. The third-order valence-corrected chi connectivity index (χ3v) is 2.88. The van der Waals surface area contributed by atoms with E-state index in [1.807, 2.05) is 12.1 Å². The first-order valence-electron chi connectivity index (χ1n) is 6.20. The molecule has 0 saturated heterocycles. The predicted molar refractivity (Wildman–Crippen MR) is 70.2 cm³/mol. The summed E-state index contributed by atoms with van der Waals surface area (Å²) in [6.45, 7) is 2.08. The van der Waals surface area contributed by atoms with Crippen LogP contribution >= 0.6 is 0 Å². The first-order chi connectivity index (χ1) is 9.10. The van der Waals surface area contributed by atoms with E-state index in [1.165, 1.54) is 0 Å². The molecule has 0 aliphatic carbocycles. The molecule has 0 saturated carbocycles. The maximum absolute atomic E-state index is 13.1. The van der Waals surface area contributed by atoms with Crippen LogP contribution in [0.5, 0.6) is 0 Å². The summed E-state index contributed by atoms with van der Waals surface area (Å²) in [7, 11) is 0. The van der Waals surface area contributed by atoms with Gasteiger partial charge in [-0.1, -0.05) is 37.6 Å². The number of carbonyl (C=O) groups excluding carboxylic acids is 1. The summed E-state index contributed by atoms with van der Waals surface area (Å²) in [5, 5.41) is 0. The van der Waals surface area contributed by atoms with E-state index in [0.717, 1.165) is 36.6 Å². The SMILES string of the molecule is CCCc1ccc(C(=O)c2cc(F)cc(F)c2)cc1. The number of hydrogen-bond acceptors (Lipinski definition) is 1. The lowest BCUT2D eigenvalue weighted by atomic mass is 10.0. The molecular formula is C16H14F2O. The Labute approximate surface area is 110 Å². The normalized spacial score (nSPS) is 10.5. The molecule has 98 valence electrons. The van der Waals surface area contributed by atoms with Gasteiger partial charge >= 0.3 is 0 Å². The molecule has 0 aliphatic rings. The van der Waals surface area contributed by atoms with Crippen molar-refractivity contribution >= 4 is 5.78 Å². The lowest BCUT2D eigenvalue weighted by molar-refractivity contribution is 0.103. The van der Waals surface area contributed by atoms with Gasteiger partial charge in [0.1, 0.15) is 11.6 Å². The van der Waals surface area contributed by atoms with Gasteiger partial charge in [0.05, 0.1) is 0 Å². The Hall–Kier alpha value is -2.03. The lowest BCUT2D eigenvalue weighted by Gasteiger charge is -2.04. The van der Waals surface area contributed by atoms with Crippen molar-refractivity contribution in [1.29, 1.82) is 0 Å². The van der Waals surface area contributed by atoms with E-state index in [4.69, 9.17) is 0 Å². The number of carbonyl (C=O) groups is 1. The summed E-state index contributed by atoms with van der Waals surface area (Å²) in [4.78, 5) is 12.1. The van der Waals surface area contributed by atoms with Gasteiger partial charge < -0.3 is 0 Å². The highest BCUT2D eigenvalue weighted by Crippen LogP contribution is 2.14. The molecule has 19 heavy (non-hydrogen) atoms. The molecule has 2 aromatic carbocycles. The van der Waals surface area contributed by atoms with Gasteiger partial charge in [-0.2, -0.15) is 0 Å². The van der Waals surface area contributed by atoms with Crippen molar-refractivity contribution in [2.75, 3.05) is 0 Å². The fourth-order valence-corrected chi connectivity index (χ4v) is 1.96. The van der Waals surface area contributed by atoms with Crippen LogP contribution in [0.25, 0.3) is 0 Å². The molecular weight excluding hydrogens is 246 g/mol. The Balaban J connectivity index is 2.28. The van der Waals surface area contributed by atoms with Gasteiger partial charge in [-0.15, -0.1) is 0 Å². The fraction of sp³-hybridized carbons (Fsp3) is 0.188. The molecule has 0 N–H and O–H groups in total. The molecule has 0 amide bonds. The van der Waals surface area contributed by atoms with Crippen molar-refractivity contribution in [3.8, 4) is 0 Å². The molecule has 2 rings (SSSR count). The summed E-state index contributed by atoms with van der Waals surface area (Å²) in [6.07, 6.45) is 1.98. The van der Waals surface area contributed by atoms with Crippen molar-refractivity contribution in [3.05, 3.63) is 70.8 Å². The lowest BCUT2D eigenvalue weighted by Crippen LogP contribution is -2.02. The van der Waals surface area contributed by atoms with Crippen LogP contribution in [-0.2, 0) is 6.42 Å². The van der Waals surface area contributed by atoms with Gasteiger partial charge in [0.25, 0.3) is 0 Å². The highest BCUT2D eigenvalue weighted by Gasteiger charge is 2.11. The van der Waals surface area contributed by atoms with Crippen molar-refractivity contribution in [3.63, 3.8) is 0 Å². The molecule has 3 heteroatoms. The Morgan fingerprint density at radius 1 is 0.947 bits per heavy atom. The molecule has 0 aromatic heterocycles. The number of halogens is 2. The van der Waals surface area contributed by atoms with Gasteiger partial charge in [-0.3, -0.25) is 4.79 Å². The summed E-state index contributed by atoms with van der Waals surface area (Å²) >= 11 is 0. The molecule has 0 atom stereocenters. The Morgan fingerprint density at radius 3 is 2.05 bits per heavy atom. The second-order valence-electron chi connectivity index (χ2n) is 4.43. The first kappa shape index (κ1) is 13.4. The molecule has 0 fully saturated rings. The second kappa shape index (κ2) is 5.74. The molecule has 1 nitrogen and oxygen atoms in total. The van der Waals surface area contributed by atoms with Crippen LogP contribution in [0.1, 0.15) is 34.8 Å². The molecule has 0 aliphatic heterocycles. The smallest absolute Gasteiger partial charge is 0.193 e. The fourth-order valence-electron chi connectivity index (χ4n) is 1.96. The minimum atomic E-state index is -0.744. The van der Waals surface area contributed by atoms with E-state index < -0.39 is 11.6 Å². The Kier molecular flexibility index (Phi) is 4.05. The molecule has 0 heterocycles. The van der Waals surface area contributed by atoms with Crippen LogP contribution in [0.4, 0.5) is 8.78 Å². The van der Waals surface area contributed by atoms with Crippen LogP contribution in [0.15, 0.2) is 42.5 Å². The molecule has 0 unspecified atom stereocenters. The van der Waals surface area contributed by atoms with Crippen molar-refractivity contribution in [2.24, 2.45) is 0 Å². The average molecular weight is 260 g/mol. The number of aryl methyl sites for hydroxylation is 1. The number of ketones is 1. The molecule has 0 radical (unpaired) electrons. The average Bonchev–Trinajstić information content (AvgIpc) is 2.38. The second-order valence-corrected chi connectivity index (χ2v) is 4.43. The summed E-state index contributed by atoms with van der Waals surface area (Å²) in [6, 6.07) is 9.96. The zero-order valence-corrected chi connectivity index (χ0v) is 10.6. The Morgan fingerprint density at radius 2 is 1.53 bits per heavy atom. The largest absolute Gasteiger partial charge is 0.289 e. The van der Waals surface area contributed by atoms with E-state index in [2.05, 4.69) is 6.92 Å². The predicted octanol–water partition coefficient (Wildman–Crippen LogP) is 4.15. The first-order valence-corrected chi connectivity index (χ1v) is 6.20. The van der Waals surface area contributed by atoms with Crippen LogP contribution < -0.4 is 0 Å². The van der Waals surface area contributed by atoms with Gasteiger partial charge in [-0.25, -0.2) is 8.78 Å². The molecule has 2 aromatic rings. The minimum Gasteiger partial charge on any atom is -0.289 e. The molecule has 0 bridgehead atoms. The zero-order chi connectivity index (χ0) is 13.8. The van der Waals surface area contributed by atoms with Crippen molar-refractivity contribution in [1.82, 2.24) is 0 Å².